The van der Waals surface area contributed by atoms with Crippen LogP contribution in [0.15, 0.2) is 45.3 Å². The molecule has 3 nitrogen and oxygen atoms in total. The Morgan fingerprint density at radius 2 is 1.71 bits per heavy atom. The molecule has 3 aromatic rings. The molecule has 106 valence electrons. The molecule has 0 saturated heterocycles. The Hall–Kier alpha value is -1.17. The minimum atomic E-state index is 0.598. The van der Waals surface area contributed by atoms with Gasteiger partial charge in [0.25, 0.3) is 0 Å². The van der Waals surface area contributed by atoms with Gasteiger partial charge in [-0.1, -0.05) is 43.5 Å². The molecule has 0 fully saturated rings. The van der Waals surface area contributed by atoms with E-state index in [9.17, 15) is 0 Å². The number of nitrogens with one attached hydrogen (secondary N) is 1. The lowest BCUT2D eigenvalue weighted by molar-refractivity contribution is 1.21. The van der Waals surface area contributed by atoms with Crippen LogP contribution >= 0.6 is 43.5 Å². The van der Waals surface area contributed by atoms with E-state index in [1.165, 1.54) is 0 Å². The van der Waals surface area contributed by atoms with Crippen LogP contribution in [-0.2, 0) is 0 Å². The Balaban J connectivity index is 2.29. The molecule has 0 atom stereocenters. The zero-order chi connectivity index (χ0) is 15.0. The molecule has 1 heterocycles. The Kier molecular flexibility index (Phi) is 4.15. The van der Waals surface area contributed by atoms with E-state index < -0.39 is 0 Å². The molecule has 0 bridgehead atoms. The van der Waals surface area contributed by atoms with Gasteiger partial charge in [0.15, 0.2) is 5.82 Å². The summed E-state index contributed by atoms with van der Waals surface area (Å²) in [5, 5.41) is 4.70. The molecular formula is C15H10Br2ClN3. The van der Waals surface area contributed by atoms with E-state index in [0.717, 1.165) is 31.2 Å². The van der Waals surface area contributed by atoms with Crippen molar-refractivity contribution in [2.75, 3.05) is 12.4 Å². The molecule has 1 aromatic heterocycles. The molecular weight excluding hydrogens is 417 g/mol. The van der Waals surface area contributed by atoms with Crippen LogP contribution in [0.1, 0.15) is 0 Å². The Morgan fingerprint density at radius 1 is 1.00 bits per heavy atom. The van der Waals surface area contributed by atoms with Crippen molar-refractivity contribution in [2.45, 2.75) is 0 Å². The summed E-state index contributed by atoms with van der Waals surface area (Å²) >= 11 is 13.2. The lowest BCUT2D eigenvalue weighted by Crippen LogP contribution is -1.99. The number of fused-ring (bicyclic) bond motifs is 1. The number of anilines is 1. The lowest BCUT2D eigenvalue weighted by Gasteiger charge is -2.10. The van der Waals surface area contributed by atoms with Gasteiger partial charge in [0.05, 0.1) is 10.5 Å². The first-order chi connectivity index (χ1) is 10.1. The second-order valence-electron chi connectivity index (χ2n) is 4.43. The predicted octanol–water partition coefficient (Wildman–Crippen LogP) is 5.52. The van der Waals surface area contributed by atoms with Crippen LogP contribution in [-0.4, -0.2) is 17.0 Å². The predicted molar refractivity (Wildman–Crippen MR) is 94.9 cm³/mol. The summed E-state index contributed by atoms with van der Waals surface area (Å²) in [6, 6.07) is 11.5. The topological polar surface area (TPSA) is 37.8 Å². The fourth-order valence-electron chi connectivity index (χ4n) is 2.08. The standard InChI is InChI=1S/C15H10Br2ClN3/c1-19-14-11-7-9(17)3-5-13(11)20-15(21-14)10-6-8(16)2-4-12(10)18/h2-7H,1H3,(H,19,20,21). The van der Waals surface area contributed by atoms with Crippen LogP contribution in [0, 0.1) is 0 Å². The highest BCUT2D eigenvalue weighted by Gasteiger charge is 2.12. The number of nitrogens with zero attached hydrogens (tertiary/aromatic N) is 2. The van der Waals surface area contributed by atoms with Crippen molar-refractivity contribution in [1.29, 1.82) is 0 Å². The Morgan fingerprint density at radius 3 is 2.48 bits per heavy atom. The maximum absolute atomic E-state index is 6.27. The monoisotopic (exact) mass is 425 g/mol. The van der Waals surface area contributed by atoms with Gasteiger partial charge < -0.3 is 5.32 Å². The lowest BCUT2D eigenvalue weighted by atomic mass is 10.2. The molecule has 6 heteroatoms. The van der Waals surface area contributed by atoms with Gasteiger partial charge in [-0.3, -0.25) is 0 Å². The van der Waals surface area contributed by atoms with E-state index in [2.05, 4.69) is 47.1 Å². The minimum Gasteiger partial charge on any atom is -0.373 e. The third-order valence-corrected chi connectivity index (χ3v) is 4.38. The third kappa shape index (κ3) is 2.91. The van der Waals surface area contributed by atoms with Crippen LogP contribution in [0.2, 0.25) is 5.02 Å². The molecule has 0 radical (unpaired) electrons. The van der Waals surface area contributed by atoms with Gasteiger partial charge >= 0.3 is 0 Å². The molecule has 1 N–H and O–H groups in total. The van der Waals surface area contributed by atoms with Crippen molar-refractivity contribution in [3.63, 3.8) is 0 Å². The first-order valence-electron chi connectivity index (χ1n) is 6.19. The number of hydrogen-bond donors (Lipinski definition) is 1. The summed E-state index contributed by atoms with van der Waals surface area (Å²) in [6.07, 6.45) is 0. The third-order valence-electron chi connectivity index (χ3n) is 3.06. The summed E-state index contributed by atoms with van der Waals surface area (Å²) in [5.41, 5.74) is 1.66. The zero-order valence-electron chi connectivity index (χ0n) is 11.0. The molecule has 0 saturated carbocycles. The highest BCUT2D eigenvalue weighted by molar-refractivity contribution is 9.10. The summed E-state index contributed by atoms with van der Waals surface area (Å²) in [7, 11) is 1.84. The fraction of sp³-hybridized carbons (Fsp3) is 0.0667. The van der Waals surface area contributed by atoms with Gasteiger partial charge in [-0.05, 0) is 36.4 Å². The molecule has 0 aliphatic heterocycles. The number of benzene rings is 2. The average molecular weight is 428 g/mol. The van der Waals surface area contributed by atoms with E-state index in [4.69, 9.17) is 11.6 Å². The zero-order valence-corrected chi connectivity index (χ0v) is 14.9. The highest BCUT2D eigenvalue weighted by Crippen LogP contribution is 2.32. The highest BCUT2D eigenvalue weighted by atomic mass is 79.9. The van der Waals surface area contributed by atoms with Gasteiger partial charge in [0.2, 0.25) is 0 Å². The molecule has 0 amide bonds. The van der Waals surface area contributed by atoms with E-state index >= 15 is 0 Å². The van der Waals surface area contributed by atoms with Gasteiger partial charge in [0.1, 0.15) is 5.82 Å². The molecule has 21 heavy (non-hydrogen) atoms. The average Bonchev–Trinajstić information content (AvgIpc) is 2.48. The van der Waals surface area contributed by atoms with Crippen molar-refractivity contribution in [2.24, 2.45) is 0 Å². The van der Waals surface area contributed by atoms with E-state index in [0.29, 0.717) is 10.8 Å². The van der Waals surface area contributed by atoms with Crippen LogP contribution < -0.4 is 5.32 Å². The number of halogens is 3. The van der Waals surface area contributed by atoms with Gasteiger partial charge in [-0.15, -0.1) is 0 Å². The number of aromatic nitrogens is 2. The molecule has 0 spiro atoms. The molecule has 0 aliphatic rings. The second kappa shape index (κ2) is 5.91. The van der Waals surface area contributed by atoms with Gasteiger partial charge in [-0.25, -0.2) is 9.97 Å². The van der Waals surface area contributed by atoms with Crippen molar-refractivity contribution in [3.05, 3.63) is 50.4 Å². The largest absolute Gasteiger partial charge is 0.373 e. The van der Waals surface area contributed by atoms with Crippen LogP contribution in [0.5, 0.6) is 0 Å². The van der Waals surface area contributed by atoms with Crippen LogP contribution in [0.4, 0.5) is 5.82 Å². The number of hydrogen-bond acceptors (Lipinski definition) is 3. The molecule has 0 unspecified atom stereocenters. The SMILES string of the molecule is CNc1nc(-c2cc(Br)ccc2Cl)nc2ccc(Br)cc12. The van der Waals surface area contributed by atoms with Crippen LogP contribution in [0.25, 0.3) is 22.3 Å². The molecule has 3 rings (SSSR count). The first kappa shape index (κ1) is 14.8. The van der Waals surface area contributed by atoms with Crippen molar-refractivity contribution in [1.82, 2.24) is 9.97 Å². The normalized spacial score (nSPS) is 10.9. The second-order valence-corrected chi connectivity index (χ2v) is 6.67. The van der Waals surface area contributed by atoms with E-state index in [-0.39, 0.29) is 0 Å². The first-order valence-corrected chi connectivity index (χ1v) is 8.15. The summed E-state index contributed by atoms with van der Waals surface area (Å²) < 4.78 is 1.93. The van der Waals surface area contributed by atoms with Crippen molar-refractivity contribution in [3.8, 4) is 11.4 Å². The maximum atomic E-state index is 6.27. The van der Waals surface area contributed by atoms with Crippen molar-refractivity contribution >= 4 is 60.2 Å². The fourth-order valence-corrected chi connectivity index (χ4v) is 3.00. The van der Waals surface area contributed by atoms with Crippen molar-refractivity contribution < 1.29 is 0 Å². The molecule has 2 aromatic carbocycles. The number of rotatable bonds is 2. The van der Waals surface area contributed by atoms with E-state index in [1.807, 2.05) is 43.4 Å². The van der Waals surface area contributed by atoms with Gasteiger partial charge in [-0.2, -0.15) is 0 Å². The smallest absolute Gasteiger partial charge is 0.163 e. The van der Waals surface area contributed by atoms with E-state index in [1.54, 1.807) is 0 Å². The molecule has 0 aliphatic carbocycles. The van der Waals surface area contributed by atoms with Crippen LogP contribution in [0.3, 0.4) is 0 Å². The minimum absolute atomic E-state index is 0.598. The summed E-state index contributed by atoms with van der Waals surface area (Å²) in [6.45, 7) is 0. The maximum Gasteiger partial charge on any atom is 0.163 e. The van der Waals surface area contributed by atoms with Gasteiger partial charge in [0, 0.05) is 26.9 Å². The summed E-state index contributed by atoms with van der Waals surface area (Å²) in [4.78, 5) is 9.20. The quantitative estimate of drug-likeness (QED) is 0.585. The summed E-state index contributed by atoms with van der Waals surface area (Å²) in [5.74, 6) is 1.37. The Labute approximate surface area is 144 Å². The Bertz CT molecular complexity index is 837.